The second kappa shape index (κ2) is 11.3. The first-order valence-corrected chi connectivity index (χ1v) is 13.9. The van der Waals surface area contributed by atoms with Crippen molar-refractivity contribution in [3.63, 3.8) is 0 Å². The minimum Gasteiger partial charge on any atom is -0.387 e. The highest BCUT2D eigenvalue weighted by Gasteiger charge is 2.44. The van der Waals surface area contributed by atoms with Gasteiger partial charge in [0.15, 0.2) is 12.0 Å². The number of carbonyl (C=O) groups excluding carboxylic acids is 1. The smallest absolute Gasteiger partial charge is 0.184 e. The van der Waals surface area contributed by atoms with E-state index in [0.717, 1.165) is 22.0 Å². The Morgan fingerprint density at radius 1 is 0.950 bits per heavy atom. The topological polar surface area (TPSA) is 104 Å². The van der Waals surface area contributed by atoms with Crippen LogP contribution < -0.4 is 0 Å². The molecule has 2 fully saturated rings. The van der Waals surface area contributed by atoms with E-state index in [2.05, 4.69) is 29.3 Å². The number of benzene rings is 3. The lowest BCUT2D eigenvalue weighted by Gasteiger charge is -2.40. The third-order valence-electron chi connectivity index (χ3n) is 7.79. The molecule has 40 heavy (non-hydrogen) atoms. The van der Waals surface area contributed by atoms with Crippen molar-refractivity contribution in [2.45, 2.75) is 55.8 Å². The summed E-state index contributed by atoms with van der Waals surface area (Å²) in [7, 11) is 0. The fraction of sp³-hybridized carbons (Fsp3) is 0.312. The summed E-state index contributed by atoms with van der Waals surface area (Å²) < 4.78 is 7.87. The predicted molar refractivity (Wildman–Crippen MR) is 154 cm³/mol. The van der Waals surface area contributed by atoms with Crippen molar-refractivity contribution in [1.82, 2.24) is 4.57 Å². The number of carbonyl (C=O) groups is 1. The van der Waals surface area contributed by atoms with Crippen LogP contribution in [0, 0.1) is 0 Å². The third kappa shape index (κ3) is 5.36. The van der Waals surface area contributed by atoms with Crippen molar-refractivity contribution in [3.05, 3.63) is 106 Å². The maximum atomic E-state index is 12.4. The van der Waals surface area contributed by atoms with E-state index in [1.807, 2.05) is 30.5 Å². The van der Waals surface area contributed by atoms with Crippen LogP contribution in [0.4, 0.5) is 0 Å². The molecule has 0 amide bonds. The molecule has 1 saturated carbocycles. The van der Waals surface area contributed by atoms with Crippen LogP contribution in [0.3, 0.4) is 0 Å². The first kappa shape index (κ1) is 26.9. The molecule has 2 aliphatic rings. The molecule has 2 heterocycles. The maximum Gasteiger partial charge on any atom is 0.184 e. The Bertz CT molecular complexity index is 1530. The molecule has 206 valence electrons. The number of Topliss-reactive ketones (excluding diaryl/α,β-unsaturated/α-hetero) is 1. The molecule has 1 aliphatic heterocycles. The van der Waals surface area contributed by atoms with Gasteiger partial charge in [-0.05, 0) is 54.0 Å². The fourth-order valence-corrected chi connectivity index (χ4v) is 5.72. The van der Waals surface area contributed by atoms with E-state index in [0.29, 0.717) is 22.9 Å². The number of nitrogens with zero attached hydrogens (tertiary/aromatic N) is 2. The van der Waals surface area contributed by atoms with Gasteiger partial charge in [0, 0.05) is 23.4 Å². The molecule has 8 heteroatoms. The van der Waals surface area contributed by atoms with Gasteiger partial charge in [0.1, 0.15) is 31.0 Å². The molecular weight excluding hydrogens is 528 g/mol. The van der Waals surface area contributed by atoms with E-state index in [1.165, 1.54) is 24.6 Å². The Kier molecular flexibility index (Phi) is 7.57. The average molecular weight is 559 g/mol. The molecule has 4 aromatic rings. The lowest BCUT2D eigenvalue weighted by molar-refractivity contribution is -0.225. The monoisotopic (exact) mass is 558 g/mol. The Hall–Kier alpha value is -3.33. The highest BCUT2D eigenvalue weighted by molar-refractivity contribution is 6.35. The number of hydrogen-bond acceptors (Lipinski definition) is 6. The van der Waals surface area contributed by atoms with Crippen LogP contribution in [0.15, 0.2) is 84.0 Å². The molecule has 0 radical (unpaired) electrons. The first-order valence-electron chi connectivity index (χ1n) is 13.6. The fourth-order valence-electron chi connectivity index (χ4n) is 5.43. The Labute approximate surface area is 237 Å². The third-order valence-corrected chi connectivity index (χ3v) is 8.11. The summed E-state index contributed by atoms with van der Waals surface area (Å²) in [6.45, 7) is -0.133. The number of halogens is 1. The van der Waals surface area contributed by atoms with Crippen LogP contribution >= 0.6 is 11.6 Å². The number of aromatic nitrogens is 1. The van der Waals surface area contributed by atoms with E-state index in [9.17, 15) is 20.1 Å². The highest BCUT2D eigenvalue weighted by Crippen LogP contribution is 2.40. The zero-order chi connectivity index (χ0) is 27.8. The van der Waals surface area contributed by atoms with Crippen LogP contribution in [0.5, 0.6) is 0 Å². The molecule has 1 aliphatic carbocycles. The van der Waals surface area contributed by atoms with Crippen molar-refractivity contribution in [1.29, 1.82) is 0 Å². The van der Waals surface area contributed by atoms with E-state index in [1.54, 1.807) is 28.8 Å². The summed E-state index contributed by atoms with van der Waals surface area (Å²) in [6.07, 6.45) is -0.0423. The van der Waals surface area contributed by atoms with Gasteiger partial charge in [-0.25, -0.2) is 0 Å². The molecule has 3 N–H and O–H groups in total. The minimum atomic E-state index is -1.49. The van der Waals surface area contributed by atoms with Crippen molar-refractivity contribution >= 4 is 34.5 Å². The molecule has 0 spiro atoms. The second-order valence-electron chi connectivity index (χ2n) is 10.6. The maximum absolute atomic E-state index is 12.4. The summed E-state index contributed by atoms with van der Waals surface area (Å²) in [5.74, 6) is 0.505. The van der Waals surface area contributed by atoms with Gasteiger partial charge in [0.25, 0.3) is 0 Å². The number of hydrogen-bond donors (Lipinski definition) is 3. The van der Waals surface area contributed by atoms with Crippen molar-refractivity contribution in [2.24, 2.45) is 4.99 Å². The molecular formula is C32H31ClN2O5. The molecule has 0 bridgehead atoms. The summed E-state index contributed by atoms with van der Waals surface area (Å²) in [6, 6.07) is 23.0. The first-order chi connectivity index (χ1) is 19.4. The Morgan fingerprint density at radius 2 is 1.70 bits per heavy atom. The van der Waals surface area contributed by atoms with Gasteiger partial charge in [-0.1, -0.05) is 72.3 Å². The average Bonchev–Trinajstić information content (AvgIpc) is 3.76. The molecule has 1 aromatic heterocycles. The number of ether oxygens (including phenoxy) is 1. The number of aliphatic hydroxyl groups is 3. The van der Waals surface area contributed by atoms with E-state index in [-0.39, 0.29) is 12.3 Å². The quantitative estimate of drug-likeness (QED) is 0.215. The normalized spacial score (nSPS) is 25.1. The second-order valence-corrected chi connectivity index (χ2v) is 11.0. The number of ketones is 1. The Balaban J connectivity index is 1.27. The zero-order valence-corrected chi connectivity index (χ0v) is 22.6. The molecule has 5 atom stereocenters. The van der Waals surface area contributed by atoms with Crippen molar-refractivity contribution in [3.8, 4) is 0 Å². The lowest BCUT2D eigenvalue weighted by Crippen LogP contribution is -2.55. The van der Waals surface area contributed by atoms with Gasteiger partial charge >= 0.3 is 0 Å². The number of rotatable bonds is 8. The summed E-state index contributed by atoms with van der Waals surface area (Å²) in [5, 5.41) is 33.7. The van der Waals surface area contributed by atoms with Crippen molar-refractivity contribution < 1.29 is 24.9 Å². The van der Waals surface area contributed by atoms with E-state index < -0.39 is 30.6 Å². The number of aliphatic hydroxyl groups excluding tert-OH is 3. The number of aliphatic imine (C=N–C) groups is 1. The van der Waals surface area contributed by atoms with Crippen LogP contribution in [0.25, 0.3) is 10.9 Å². The van der Waals surface area contributed by atoms with Gasteiger partial charge < -0.3 is 24.6 Å². The van der Waals surface area contributed by atoms with Crippen LogP contribution in [-0.4, -0.2) is 62.8 Å². The number of fused-ring (bicyclic) bond motifs is 1. The summed E-state index contributed by atoms with van der Waals surface area (Å²) in [4.78, 5) is 16.6. The molecule has 7 nitrogen and oxygen atoms in total. The molecule has 6 rings (SSSR count). The van der Waals surface area contributed by atoms with Gasteiger partial charge in [0.05, 0.1) is 10.5 Å². The Morgan fingerprint density at radius 3 is 2.42 bits per heavy atom. The van der Waals surface area contributed by atoms with Gasteiger partial charge in [-0.15, -0.1) is 0 Å². The van der Waals surface area contributed by atoms with Crippen molar-refractivity contribution in [2.75, 3.05) is 6.54 Å². The van der Waals surface area contributed by atoms with Crippen LogP contribution in [0.2, 0.25) is 5.02 Å². The highest BCUT2D eigenvalue weighted by atomic mass is 35.5. The molecule has 3 aromatic carbocycles. The van der Waals surface area contributed by atoms with E-state index >= 15 is 0 Å². The molecule has 1 saturated heterocycles. The van der Waals surface area contributed by atoms with Crippen LogP contribution in [-0.2, 0) is 11.2 Å². The van der Waals surface area contributed by atoms with Gasteiger partial charge in [0.2, 0.25) is 0 Å². The standard InChI is InChI=1S/C32H31ClN2O5/c33-24-7-4-8-25-28(24)23(15-19-9-11-20(12-10-19)21-13-14-21)18-35(25)32-31(39)30(38)29(37)27(40-32)17-34-16-26(36)22-5-2-1-3-6-22/h1-12,17-18,21,27,29-32,37-39H,13-16H2/t27-,29-,30+,31-,32-/m1/s1. The van der Waals surface area contributed by atoms with Crippen LogP contribution in [0.1, 0.15) is 52.0 Å². The minimum absolute atomic E-state index is 0.133. The zero-order valence-electron chi connectivity index (χ0n) is 21.8. The predicted octanol–water partition coefficient (Wildman–Crippen LogP) is 4.70. The summed E-state index contributed by atoms with van der Waals surface area (Å²) in [5.41, 5.74) is 4.73. The lowest BCUT2D eigenvalue weighted by atomic mass is 9.98. The largest absolute Gasteiger partial charge is 0.387 e. The SMILES string of the molecule is O=C(CN=C[C@H]1O[C@@H](n2cc(Cc3ccc(C4CC4)cc3)c3c(Cl)cccc32)[C@H](O)[C@@H](O)[C@@H]1O)c1ccccc1. The van der Waals surface area contributed by atoms with Gasteiger partial charge in [-0.3, -0.25) is 9.79 Å². The summed E-state index contributed by atoms with van der Waals surface area (Å²) >= 11 is 6.66. The van der Waals surface area contributed by atoms with Gasteiger partial charge in [-0.2, -0.15) is 0 Å². The van der Waals surface area contributed by atoms with E-state index in [4.69, 9.17) is 16.3 Å². The molecule has 0 unspecified atom stereocenters.